The van der Waals surface area contributed by atoms with E-state index in [9.17, 15) is 19.2 Å². The Morgan fingerprint density at radius 2 is 1.77 bits per heavy atom. The van der Waals surface area contributed by atoms with Crippen molar-refractivity contribution in [2.24, 2.45) is 0 Å². The molecule has 9 nitrogen and oxygen atoms in total. The summed E-state index contributed by atoms with van der Waals surface area (Å²) in [6.45, 7) is 2.69. The molecule has 4 amide bonds. The number of nitrogens with one attached hydrogen (secondary N) is 1. The number of para-hydroxylation sites is 1. The summed E-state index contributed by atoms with van der Waals surface area (Å²) in [6.07, 6.45) is 3.33. The van der Waals surface area contributed by atoms with E-state index in [0.717, 1.165) is 21.4 Å². The molecule has 0 spiro atoms. The second-order valence-corrected chi connectivity index (χ2v) is 8.81. The zero-order valence-electron chi connectivity index (χ0n) is 21.3. The summed E-state index contributed by atoms with van der Waals surface area (Å²) < 4.78 is 12.3. The number of barbiturate groups is 1. The van der Waals surface area contributed by atoms with E-state index >= 15 is 0 Å². The Hall–Kier alpha value is -5.18. The second kappa shape index (κ2) is 10.7. The fourth-order valence-electron chi connectivity index (χ4n) is 4.56. The van der Waals surface area contributed by atoms with Gasteiger partial charge in [0.1, 0.15) is 11.3 Å². The number of methoxy groups -OCH3 is 1. The minimum absolute atomic E-state index is 0.174. The molecule has 0 saturated carbocycles. The lowest BCUT2D eigenvalue weighted by Crippen LogP contribution is -2.54. The molecule has 3 aromatic carbocycles. The molecule has 1 aromatic heterocycles. The van der Waals surface area contributed by atoms with Crippen LogP contribution in [-0.2, 0) is 20.9 Å². The molecule has 1 fully saturated rings. The topological polar surface area (TPSA) is 107 Å². The first kappa shape index (κ1) is 25.5. The first-order valence-corrected chi connectivity index (χ1v) is 12.3. The summed E-state index contributed by atoms with van der Waals surface area (Å²) in [6, 6.07) is 20.4. The van der Waals surface area contributed by atoms with Crippen LogP contribution in [0.5, 0.6) is 5.75 Å². The number of carbonyl (C=O) groups excluding carboxylic acids is 4. The molecule has 0 aliphatic carbocycles. The molecule has 4 aromatic rings. The van der Waals surface area contributed by atoms with Crippen molar-refractivity contribution in [2.75, 3.05) is 18.6 Å². The number of ether oxygens (including phenoxy) is 2. The van der Waals surface area contributed by atoms with Crippen molar-refractivity contribution >= 4 is 46.5 Å². The average molecular weight is 524 g/mol. The van der Waals surface area contributed by atoms with E-state index in [1.807, 2.05) is 48.0 Å². The normalized spacial score (nSPS) is 14.6. The highest BCUT2D eigenvalue weighted by Crippen LogP contribution is 2.28. The largest absolute Gasteiger partial charge is 0.494 e. The first-order chi connectivity index (χ1) is 18.9. The summed E-state index contributed by atoms with van der Waals surface area (Å²) in [5, 5.41) is 3.08. The van der Waals surface area contributed by atoms with Gasteiger partial charge in [-0.15, -0.1) is 0 Å². The van der Waals surface area contributed by atoms with Gasteiger partial charge in [-0.25, -0.2) is 14.5 Å². The van der Waals surface area contributed by atoms with Crippen LogP contribution in [0.25, 0.3) is 17.0 Å². The quantitative estimate of drug-likeness (QED) is 0.217. The van der Waals surface area contributed by atoms with E-state index in [-0.39, 0.29) is 11.3 Å². The van der Waals surface area contributed by atoms with Crippen molar-refractivity contribution in [3.63, 3.8) is 0 Å². The van der Waals surface area contributed by atoms with Crippen LogP contribution >= 0.6 is 0 Å². The Labute approximate surface area is 224 Å². The minimum Gasteiger partial charge on any atom is -0.494 e. The maximum Gasteiger partial charge on any atom is 0.337 e. The van der Waals surface area contributed by atoms with Crippen molar-refractivity contribution in [1.82, 2.24) is 9.88 Å². The molecule has 1 aliphatic heterocycles. The molecular weight excluding hydrogens is 498 g/mol. The maximum atomic E-state index is 13.5. The minimum atomic E-state index is -0.830. The van der Waals surface area contributed by atoms with Gasteiger partial charge in [-0.1, -0.05) is 36.4 Å². The second-order valence-electron chi connectivity index (χ2n) is 8.81. The molecule has 0 radical (unpaired) electrons. The van der Waals surface area contributed by atoms with Crippen LogP contribution in [0.1, 0.15) is 28.4 Å². The summed E-state index contributed by atoms with van der Waals surface area (Å²) in [5.41, 5.74) is 2.92. The number of hydrogen-bond acceptors (Lipinski definition) is 6. The van der Waals surface area contributed by atoms with Gasteiger partial charge in [0.25, 0.3) is 11.8 Å². The third-order valence-electron chi connectivity index (χ3n) is 6.31. The van der Waals surface area contributed by atoms with Crippen LogP contribution in [-0.4, -0.2) is 42.1 Å². The lowest BCUT2D eigenvalue weighted by molar-refractivity contribution is -0.122. The number of anilines is 1. The molecule has 0 atom stereocenters. The number of rotatable bonds is 7. The molecule has 9 heteroatoms. The zero-order valence-corrected chi connectivity index (χ0v) is 21.3. The van der Waals surface area contributed by atoms with Gasteiger partial charge in [0.15, 0.2) is 0 Å². The van der Waals surface area contributed by atoms with Gasteiger partial charge in [0, 0.05) is 35.3 Å². The summed E-state index contributed by atoms with van der Waals surface area (Å²) in [4.78, 5) is 51.8. The third kappa shape index (κ3) is 5.02. The summed E-state index contributed by atoms with van der Waals surface area (Å²) in [5.74, 6) is -1.44. The number of carbonyl (C=O) groups is 4. The Bertz CT molecular complexity index is 1650. The standard InChI is InChI=1S/C30H25N3O6/c1-3-39-23-11-7-10-22(16-23)33-28(35)25(27(34)31-30(33)37)15-21-18-32(26-13-5-4-12-24(21)26)17-19-8-6-9-20(14-19)29(36)38-2/h4-16,18H,3,17H2,1-2H3,(H,31,34,37)/b25-15+. The van der Waals surface area contributed by atoms with Crippen LogP contribution in [0.2, 0.25) is 0 Å². The number of amides is 4. The maximum absolute atomic E-state index is 13.5. The molecular formula is C30H25N3O6. The molecule has 5 rings (SSSR count). The Balaban J connectivity index is 1.53. The van der Waals surface area contributed by atoms with Crippen molar-refractivity contribution in [2.45, 2.75) is 13.5 Å². The average Bonchev–Trinajstić information content (AvgIpc) is 3.28. The Kier molecular flexibility index (Phi) is 6.96. The van der Waals surface area contributed by atoms with Gasteiger partial charge in [-0.05, 0) is 48.9 Å². The predicted molar refractivity (Wildman–Crippen MR) is 145 cm³/mol. The predicted octanol–water partition coefficient (Wildman–Crippen LogP) is 4.54. The number of imide groups is 2. The Morgan fingerprint density at radius 3 is 2.56 bits per heavy atom. The molecule has 196 valence electrons. The SMILES string of the molecule is CCOc1cccc(N2C(=O)NC(=O)/C(=C\c3cn(Cc4cccc(C(=O)OC)c4)c4ccccc34)C2=O)c1. The highest BCUT2D eigenvalue weighted by Gasteiger charge is 2.37. The van der Waals surface area contributed by atoms with Gasteiger partial charge in [-0.3, -0.25) is 14.9 Å². The highest BCUT2D eigenvalue weighted by atomic mass is 16.5. The van der Waals surface area contributed by atoms with Crippen LogP contribution in [0, 0.1) is 0 Å². The molecule has 1 N–H and O–H groups in total. The highest BCUT2D eigenvalue weighted by molar-refractivity contribution is 6.39. The van der Waals surface area contributed by atoms with Gasteiger partial charge in [0.05, 0.1) is 25.0 Å². The fraction of sp³-hybridized carbons (Fsp3) is 0.133. The number of aromatic nitrogens is 1. The smallest absolute Gasteiger partial charge is 0.337 e. The third-order valence-corrected chi connectivity index (χ3v) is 6.31. The molecule has 1 aliphatic rings. The van der Waals surface area contributed by atoms with Crippen molar-refractivity contribution in [1.29, 1.82) is 0 Å². The van der Waals surface area contributed by atoms with Crippen LogP contribution in [0.3, 0.4) is 0 Å². The molecule has 0 unspecified atom stereocenters. The number of hydrogen-bond donors (Lipinski definition) is 1. The van der Waals surface area contributed by atoms with Gasteiger partial charge in [-0.2, -0.15) is 0 Å². The zero-order chi connectivity index (χ0) is 27.5. The molecule has 1 saturated heterocycles. The number of esters is 1. The van der Waals surface area contributed by atoms with E-state index < -0.39 is 23.8 Å². The van der Waals surface area contributed by atoms with Crippen LogP contribution in [0.15, 0.2) is 84.6 Å². The number of nitrogens with zero attached hydrogens (tertiary/aromatic N) is 2. The first-order valence-electron chi connectivity index (χ1n) is 12.3. The van der Waals surface area contributed by atoms with E-state index in [1.165, 1.54) is 13.2 Å². The van der Waals surface area contributed by atoms with Gasteiger partial charge < -0.3 is 14.0 Å². The van der Waals surface area contributed by atoms with Crippen molar-refractivity contribution < 1.29 is 28.7 Å². The van der Waals surface area contributed by atoms with E-state index in [4.69, 9.17) is 9.47 Å². The van der Waals surface area contributed by atoms with Gasteiger partial charge in [0.2, 0.25) is 0 Å². The fourth-order valence-corrected chi connectivity index (χ4v) is 4.56. The molecule has 0 bridgehead atoms. The number of fused-ring (bicyclic) bond motifs is 1. The molecule has 2 heterocycles. The van der Waals surface area contributed by atoms with Crippen molar-refractivity contribution in [3.8, 4) is 5.75 Å². The van der Waals surface area contributed by atoms with E-state index in [2.05, 4.69) is 5.32 Å². The lowest BCUT2D eigenvalue weighted by Gasteiger charge is -2.26. The molecule has 39 heavy (non-hydrogen) atoms. The summed E-state index contributed by atoms with van der Waals surface area (Å²) >= 11 is 0. The van der Waals surface area contributed by atoms with Gasteiger partial charge >= 0.3 is 12.0 Å². The Morgan fingerprint density at radius 1 is 0.974 bits per heavy atom. The van der Waals surface area contributed by atoms with E-state index in [1.54, 1.807) is 42.5 Å². The van der Waals surface area contributed by atoms with Crippen molar-refractivity contribution in [3.05, 3.63) is 101 Å². The lowest BCUT2D eigenvalue weighted by atomic mass is 10.1. The number of benzene rings is 3. The van der Waals surface area contributed by atoms with E-state index in [0.29, 0.717) is 30.0 Å². The van der Waals surface area contributed by atoms with Crippen LogP contribution in [0.4, 0.5) is 10.5 Å². The number of urea groups is 1. The monoisotopic (exact) mass is 523 g/mol. The van der Waals surface area contributed by atoms with Crippen LogP contribution < -0.4 is 15.0 Å². The summed E-state index contributed by atoms with van der Waals surface area (Å²) in [7, 11) is 1.33.